The van der Waals surface area contributed by atoms with Crippen LogP contribution in [0.4, 0.5) is 9.18 Å². The van der Waals surface area contributed by atoms with Crippen molar-refractivity contribution in [2.24, 2.45) is 5.92 Å². The Morgan fingerprint density at radius 3 is 2.39 bits per heavy atom. The summed E-state index contributed by atoms with van der Waals surface area (Å²) in [5.74, 6) is 0.696. The number of likely N-dealkylation sites (tertiary alicyclic amines) is 1. The zero-order valence-electron chi connectivity index (χ0n) is 13.8. The third-order valence-corrected chi connectivity index (χ3v) is 5.92. The van der Waals surface area contributed by atoms with Crippen LogP contribution in [0.2, 0.25) is 0 Å². The van der Waals surface area contributed by atoms with E-state index in [1.807, 2.05) is 26.2 Å². The number of rotatable bonds is 1. The Bertz CT molecular complexity index is 595. The van der Waals surface area contributed by atoms with Crippen LogP contribution in [0, 0.1) is 11.7 Å². The first-order chi connectivity index (χ1) is 11.1. The lowest BCUT2D eigenvalue weighted by Gasteiger charge is -2.51. The first-order valence-corrected chi connectivity index (χ1v) is 8.53. The van der Waals surface area contributed by atoms with Gasteiger partial charge in [0, 0.05) is 32.6 Å². The summed E-state index contributed by atoms with van der Waals surface area (Å²) in [5, 5.41) is 0. The summed E-state index contributed by atoms with van der Waals surface area (Å²) in [7, 11) is 3.65. The summed E-state index contributed by atoms with van der Waals surface area (Å²) in [6, 6.07) is 7.67. The molecule has 4 fully saturated rings. The van der Waals surface area contributed by atoms with Gasteiger partial charge in [-0.05, 0) is 49.5 Å². The molecular formula is C18H24FN3O. The topological polar surface area (TPSA) is 26.8 Å². The lowest BCUT2D eigenvalue weighted by molar-refractivity contribution is 0.000903. The number of halogens is 1. The fourth-order valence-electron chi connectivity index (χ4n) is 4.90. The average Bonchev–Trinajstić information content (AvgIpc) is 2.98. The second-order valence-corrected chi connectivity index (χ2v) is 7.34. The third-order valence-electron chi connectivity index (χ3n) is 5.92. The van der Waals surface area contributed by atoms with Gasteiger partial charge in [0.15, 0.2) is 0 Å². The number of urea groups is 1. The van der Waals surface area contributed by atoms with E-state index in [-0.39, 0.29) is 17.8 Å². The largest absolute Gasteiger partial charge is 0.331 e. The van der Waals surface area contributed by atoms with Crippen LogP contribution in [-0.2, 0) is 0 Å². The van der Waals surface area contributed by atoms with Crippen LogP contribution in [-0.4, -0.2) is 66.5 Å². The van der Waals surface area contributed by atoms with Crippen LogP contribution in [0.15, 0.2) is 24.3 Å². The number of nitrogens with zero attached hydrogens (tertiary/aromatic N) is 3. The predicted octanol–water partition coefficient (Wildman–Crippen LogP) is 2.37. The van der Waals surface area contributed by atoms with Gasteiger partial charge >= 0.3 is 6.03 Å². The number of fused-ring (bicyclic) bond motifs is 2. The third kappa shape index (κ3) is 2.33. The van der Waals surface area contributed by atoms with E-state index in [9.17, 15) is 9.18 Å². The molecule has 2 amide bonds. The number of benzene rings is 1. The molecule has 0 radical (unpaired) electrons. The molecule has 0 unspecified atom stereocenters. The Balaban J connectivity index is 1.70. The second kappa shape index (κ2) is 5.48. The molecule has 1 aromatic carbocycles. The van der Waals surface area contributed by atoms with E-state index < -0.39 is 0 Å². The van der Waals surface area contributed by atoms with Crippen molar-refractivity contribution in [3.63, 3.8) is 0 Å². The summed E-state index contributed by atoms with van der Waals surface area (Å²) in [6.45, 7) is 3.01. The van der Waals surface area contributed by atoms with Gasteiger partial charge in [-0.1, -0.05) is 12.1 Å². The molecule has 0 saturated carbocycles. The van der Waals surface area contributed by atoms with Gasteiger partial charge in [-0.2, -0.15) is 0 Å². The van der Waals surface area contributed by atoms with Gasteiger partial charge in [-0.3, -0.25) is 4.90 Å². The molecule has 2 bridgehead atoms. The summed E-state index contributed by atoms with van der Waals surface area (Å²) >= 11 is 0. The van der Waals surface area contributed by atoms with Crippen LogP contribution < -0.4 is 0 Å². The Labute approximate surface area is 136 Å². The number of hydrogen-bond donors (Lipinski definition) is 0. The molecule has 3 atom stereocenters. The molecule has 4 aliphatic rings. The molecule has 23 heavy (non-hydrogen) atoms. The molecule has 4 heterocycles. The maximum Gasteiger partial charge on any atom is 0.319 e. The number of carbonyl (C=O) groups excluding carboxylic acids is 1. The molecule has 0 aliphatic carbocycles. The van der Waals surface area contributed by atoms with Crippen LogP contribution in [0.1, 0.15) is 24.3 Å². The average molecular weight is 317 g/mol. The van der Waals surface area contributed by atoms with Gasteiger partial charge in [0.25, 0.3) is 0 Å². The highest BCUT2D eigenvalue weighted by Crippen LogP contribution is 2.46. The van der Waals surface area contributed by atoms with Crippen molar-refractivity contribution in [2.45, 2.75) is 30.8 Å². The Hall–Kier alpha value is -1.62. The van der Waals surface area contributed by atoms with Crippen molar-refractivity contribution in [1.82, 2.24) is 14.7 Å². The first-order valence-electron chi connectivity index (χ1n) is 8.53. The zero-order chi connectivity index (χ0) is 16.1. The number of piperidine rings is 3. The van der Waals surface area contributed by atoms with Gasteiger partial charge in [0.1, 0.15) is 5.82 Å². The fourth-order valence-corrected chi connectivity index (χ4v) is 4.90. The van der Waals surface area contributed by atoms with Crippen LogP contribution in [0.3, 0.4) is 0 Å². The van der Waals surface area contributed by atoms with Crippen molar-refractivity contribution in [2.75, 3.05) is 33.7 Å². The smallest absolute Gasteiger partial charge is 0.319 e. The van der Waals surface area contributed by atoms with E-state index in [0.29, 0.717) is 18.0 Å². The molecule has 1 aromatic rings. The van der Waals surface area contributed by atoms with E-state index in [4.69, 9.17) is 0 Å². The van der Waals surface area contributed by atoms with Crippen LogP contribution >= 0.6 is 0 Å². The van der Waals surface area contributed by atoms with Gasteiger partial charge in [0.2, 0.25) is 0 Å². The minimum atomic E-state index is -0.199. The SMILES string of the molecule is CN(C)C(=O)N1C[C@H](c2ccc(F)cc2)[C@H]2[C@@H]1C1CCN2CC1. The highest BCUT2D eigenvalue weighted by Gasteiger charge is 2.54. The van der Waals surface area contributed by atoms with Crippen molar-refractivity contribution in [1.29, 1.82) is 0 Å². The molecule has 4 nitrogen and oxygen atoms in total. The van der Waals surface area contributed by atoms with Crippen molar-refractivity contribution in [3.8, 4) is 0 Å². The second-order valence-electron chi connectivity index (χ2n) is 7.34. The Morgan fingerprint density at radius 1 is 1.13 bits per heavy atom. The molecule has 0 N–H and O–H groups in total. The molecular weight excluding hydrogens is 293 g/mol. The van der Waals surface area contributed by atoms with E-state index in [1.165, 1.54) is 25.0 Å². The van der Waals surface area contributed by atoms with E-state index in [1.54, 1.807) is 4.90 Å². The molecule has 0 aromatic heterocycles. The van der Waals surface area contributed by atoms with Crippen molar-refractivity contribution in [3.05, 3.63) is 35.6 Å². The van der Waals surface area contributed by atoms with Gasteiger partial charge in [-0.15, -0.1) is 0 Å². The lowest BCUT2D eigenvalue weighted by atomic mass is 9.75. The van der Waals surface area contributed by atoms with E-state index in [0.717, 1.165) is 25.2 Å². The van der Waals surface area contributed by atoms with Gasteiger partial charge in [0.05, 0.1) is 6.04 Å². The summed E-state index contributed by atoms with van der Waals surface area (Å²) in [5.41, 5.74) is 1.16. The van der Waals surface area contributed by atoms with Gasteiger partial charge < -0.3 is 9.80 Å². The number of carbonyl (C=O) groups is 1. The quantitative estimate of drug-likeness (QED) is 0.795. The molecule has 0 spiro atoms. The number of amides is 2. The molecule has 124 valence electrons. The van der Waals surface area contributed by atoms with Gasteiger partial charge in [-0.25, -0.2) is 9.18 Å². The van der Waals surface area contributed by atoms with Crippen molar-refractivity contribution < 1.29 is 9.18 Å². The van der Waals surface area contributed by atoms with E-state index in [2.05, 4.69) is 9.80 Å². The maximum atomic E-state index is 13.3. The first kappa shape index (κ1) is 14.9. The molecule has 4 aliphatic heterocycles. The highest BCUT2D eigenvalue weighted by molar-refractivity contribution is 5.75. The lowest BCUT2D eigenvalue weighted by Crippen LogP contribution is -2.61. The normalized spacial score (nSPS) is 35.3. The predicted molar refractivity (Wildman–Crippen MR) is 86.8 cm³/mol. The summed E-state index contributed by atoms with van der Waals surface area (Å²) in [6.07, 6.45) is 2.38. The zero-order valence-corrected chi connectivity index (χ0v) is 13.8. The standard InChI is InChI=1S/C18H24FN3O/c1-20(2)18(23)22-11-15(12-3-5-14(19)6-4-12)17-16(22)13-7-9-21(17)10-8-13/h3-6,13,15-17H,7-11H2,1-2H3/t15-,16+,17+/m1/s1. The molecule has 5 heteroatoms. The number of hydrogen-bond acceptors (Lipinski definition) is 2. The fraction of sp³-hybridized carbons (Fsp3) is 0.611. The Morgan fingerprint density at radius 2 is 1.78 bits per heavy atom. The van der Waals surface area contributed by atoms with Crippen LogP contribution in [0.5, 0.6) is 0 Å². The Kier molecular flexibility index (Phi) is 3.56. The minimum absolute atomic E-state index is 0.110. The maximum absolute atomic E-state index is 13.3. The van der Waals surface area contributed by atoms with E-state index >= 15 is 0 Å². The van der Waals surface area contributed by atoms with Crippen molar-refractivity contribution >= 4 is 6.03 Å². The monoisotopic (exact) mass is 317 g/mol. The summed E-state index contributed by atoms with van der Waals surface area (Å²) in [4.78, 5) is 19.0. The highest BCUT2D eigenvalue weighted by atomic mass is 19.1. The van der Waals surface area contributed by atoms with Crippen LogP contribution in [0.25, 0.3) is 0 Å². The molecule has 4 saturated heterocycles. The summed E-state index contributed by atoms with van der Waals surface area (Å²) < 4.78 is 13.3. The molecule has 5 rings (SSSR count). The minimum Gasteiger partial charge on any atom is -0.331 e.